The maximum absolute atomic E-state index is 4.99. The zero-order valence-corrected chi connectivity index (χ0v) is 9.69. The molecule has 0 amide bonds. The monoisotopic (exact) mass is 200 g/mol. The lowest BCUT2D eigenvalue weighted by molar-refractivity contribution is 0.351. The van der Waals surface area contributed by atoms with Crippen molar-refractivity contribution >= 4 is 12.0 Å². The van der Waals surface area contributed by atoms with Crippen molar-refractivity contribution in [3.05, 3.63) is 11.6 Å². The van der Waals surface area contributed by atoms with Gasteiger partial charge in [-0.2, -0.15) is 0 Å². The minimum Gasteiger partial charge on any atom is -0.318 e. The molecule has 0 heterocycles. The van der Waals surface area contributed by atoms with E-state index in [0.717, 1.165) is 17.6 Å². The first-order valence-electron chi connectivity index (χ1n) is 5.07. The summed E-state index contributed by atoms with van der Waals surface area (Å²) in [5, 5.41) is 0. The molecule has 0 aromatic rings. The molecule has 1 nitrogen and oxygen atoms in total. The molecule has 1 aliphatic carbocycles. The van der Waals surface area contributed by atoms with E-state index in [1.807, 2.05) is 0 Å². The molecule has 76 valence electrons. The van der Waals surface area contributed by atoms with Crippen LogP contribution in [0.3, 0.4) is 0 Å². The van der Waals surface area contributed by atoms with Gasteiger partial charge in [-0.15, -0.1) is 0 Å². The molecule has 0 aromatic carbocycles. The van der Waals surface area contributed by atoms with Crippen LogP contribution in [0, 0.1) is 11.8 Å². The molecule has 0 bridgehead atoms. The van der Waals surface area contributed by atoms with Gasteiger partial charge in [0.25, 0.3) is 0 Å². The lowest BCUT2D eigenvalue weighted by Crippen LogP contribution is -2.12. The van der Waals surface area contributed by atoms with Crippen molar-refractivity contribution in [1.82, 2.24) is 0 Å². The first-order chi connectivity index (χ1) is 6.24. The maximum atomic E-state index is 4.99. The highest BCUT2D eigenvalue weighted by molar-refractivity contribution is 7.94. The van der Waals surface area contributed by atoms with Crippen LogP contribution in [-0.2, 0) is 4.18 Å². The summed E-state index contributed by atoms with van der Waals surface area (Å²) in [5.74, 6) is 2.81. The van der Waals surface area contributed by atoms with Crippen LogP contribution in [0.4, 0.5) is 0 Å². The van der Waals surface area contributed by atoms with Gasteiger partial charge in [0.2, 0.25) is 0 Å². The molecule has 1 atom stereocenters. The third-order valence-corrected chi connectivity index (χ3v) is 3.57. The number of hydrogen-bond donors (Lipinski definition) is 0. The van der Waals surface area contributed by atoms with Gasteiger partial charge in [-0.3, -0.25) is 0 Å². The normalized spacial score (nSPS) is 23.4. The minimum atomic E-state index is 0.841. The van der Waals surface area contributed by atoms with E-state index in [1.54, 1.807) is 24.7 Å². The van der Waals surface area contributed by atoms with E-state index in [4.69, 9.17) is 4.18 Å². The Balaban J connectivity index is 2.30. The molecule has 2 heteroatoms. The van der Waals surface area contributed by atoms with E-state index in [1.165, 1.54) is 19.3 Å². The van der Waals surface area contributed by atoms with Gasteiger partial charge in [0, 0.05) is 5.75 Å². The molecule has 1 aliphatic rings. The van der Waals surface area contributed by atoms with Crippen LogP contribution in [0.2, 0.25) is 0 Å². The molecule has 0 fully saturated rings. The molecule has 0 aliphatic heterocycles. The summed E-state index contributed by atoms with van der Waals surface area (Å²) in [6, 6.07) is 0. The van der Waals surface area contributed by atoms with Crippen LogP contribution in [0.15, 0.2) is 11.6 Å². The molecule has 0 saturated heterocycles. The Morgan fingerprint density at radius 1 is 1.62 bits per heavy atom. The van der Waals surface area contributed by atoms with Gasteiger partial charge in [-0.05, 0) is 43.1 Å². The van der Waals surface area contributed by atoms with Crippen LogP contribution in [-0.4, -0.2) is 12.9 Å². The second-order valence-electron chi connectivity index (χ2n) is 4.07. The second kappa shape index (κ2) is 5.71. The fraction of sp³-hybridized carbons (Fsp3) is 0.818. The van der Waals surface area contributed by atoms with Crippen molar-refractivity contribution in [2.45, 2.75) is 33.1 Å². The fourth-order valence-electron chi connectivity index (χ4n) is 1.78. The van der Waals surface area contributed by atoms with E-state index in [2.05, 4.69) is 19.9 Å². The van der Waals surface area contributed by atoms with Crippen LogP contribution in [0.1, 0.15) is 33.1 Å². The third kappa shape index (κ3) is 3.74. The van der Waals surface area contributed by atoms with Crippen LogP contribution in [0.5, 0.6) is 0 Å². The Bertz CT molecular complexity index is 175. The highest BCUT2D eigenvalue weighted by Gasteiger charge is 2.16. The molecule has 1 rings (SSSR count). The minimum absolute atomic E-state index is 0.841. The Kier molecular flexibility index (Phi) is 4.89. The summed E-state index contributed by atoms with van der Waals surface area (Å²) >= 11 is 1.56. The molecule has 0 N–H and O–H groups in total. The molecule has 0 radical (unpaired) electrons. The quantitative estimate of drug-likeness (QED) is 0.506. The van der Waals surface area contributed by atoms with E-state index >= 15 is 0 Å². The van der Waals surface area contributed by atoms with Crippen molar-refractivity contribution in [2.24, 2.45) is 11.8 Å². The third-order valence-electron chi connectivity index (χ3n) is 2.85. The summed E-state index contributed by atoms with van der Waals surface area (Å²) in [6.45, 7) is 4.65. The number of rotatable bonds is 4. The number of allylic oxidation sites excluding steroid dienone is 1. The highest BCUT2D eigenvalue weighted by atomic mass is 32.2. The molecular formula is C11H20OS. The molecular weight excluding hydrogens is 180 g/mol. The van der Waals surface area contributed by atoms with E-state index in [-0.39, 0.29) is 0 Å². The summed E-state index contributed by atoms with van der Waals surface area (Å²) in [4.78, 5) is 0. The van der Waals surface area contributed by atoms with Gasteiger partial charge < -0.3 is 4.18 Å². The second-order valence-corrected chi connectivity index (χ2v) is 4.93. The summed E-state index contributed by atoms with van der Waals surface area (Å²) in [6.07, 6.45) is 6.34. The topological polar surface area (TPSA) is 9.23 Å². The predicted molar refractivity (Wildman–Crippen MR) is 59.7 cm³/mol. The molecule has 13 heavy (non-hydrogen) atoms. The van der Waals surface area contributed by atoms with Crippen molar-refractivity contribution in [3.8, 4) is 0 Å². The maximum Gasteiger partial charge on any atom is 0.0503 e. The van der Waals surface area contributed by atoms with Gasteiger partial charge in [0.1, 0.15) is 0 Å². The average Bonchev–Trinajstić information content (AvgIpc) is 2.15. The van der Waals surface area contributed by atoms with Crippen molar-refractivity contribution in [3.63, 3.8) is 0 Å². The van der Waals surface area contributed by atoms with E-state index in [9.17, 15) is 0 Å². The standard InChI is InChI=1S/C11H20OS/c1-9(2)11-6-4-10(5-7-11)8-13-12-3/h4,9,11H,5-8H2,1-3H3. The van der Waals surface area contributed by atoms with Gasteiger partial charge in [0.15, 0.2) is 0 Å². The zero-order chi connectivity index (χ0) is 9.68. The Labute approximate surface area is 86.1 Å². The first-order valence-corrected chi connectivity index (χ1v) is 5.98. The molecule has 0 aromatic heterocycles. The molecule has 0 spiro atoms. The predicted octanol–water partition coefficient (Wildman–Crippen LogP) is 3.66. The van der Waals surface area contributed by atoms with Crippen LogP contribution in [0.25, 0.3) is 0 Å². The Hall–Kier alpha value is 0.0500. The van der Waals surface area contributed by atoms with Gasteiger partial charge in [-0.25, -0.2) is 0 Å². The lowest BCUT2D eigenvalue weighted by atomic mass is 9.83. The van der Waals surface area contributed by atoms with E-state index in [0.29, 0.717) is 0 Å². The Morgan fingerprint density at radius 3 is 2.85 bits per heavy atom. The van der Waals surface area contributed by atoms with Crippen molar-refractivity contribution in [1.29, 1.82) is 0 Å². The Morgan fingerprint density at radius 2 is 2.38 bits per heavy atom. The van der Waals surface area contributed by atoms with Crippen molar-refractivity contribution < 1.29 is 4.18 Å². The van der Waals surface area contributed by atoms with Crippen LogP contribution >= 0.6 is 12.0 Å². The fourth-order valence-corrected chi connectivity index (χ4v) is 2.31. The number of hydrogen-bond acceptors (Lipinski definition) is 2. The van der Waals surface area contributed by atoms with Crippen molar-refractivity contribution in [2.75, 3.05) is 12.9 Å². The van der Waals surface area contributed by atoms with Gasteiger partial charge in [-0.1, -0.05) is 25.5 Å². The van der Waals surface area contributed by atoms with Gasteiger partial charge >= 0.3 is 0 Å². The molecule has 1 unspecified atom stereocenters. The summed E-state index contributed by atoms with van der Waals surface area (Å²) in [7, 11) is 1.74. The summed E-state index contributed by atoms with van der Waals surface area (Å²) in [5.41, 5.74) is 1.57. The van der Waals surface area contributed by atoms with E-state index < -0.39 is 0 Å². The lowest BCUT2D eigenvalue weighted by Gasteiger charge is -2.24. The van der Waals surface area contributed by atoms with Gasteiger partial charge in [0.05, 0.1) is 7.11 Å². The largest absolute Gasteiger partial charge is 0.318 e. The average molecular weight is 200 g/mol. The SMILES string of the molecule is COSCC1=CCC(C(C)C)CC1. The smallest absolute Gasteiger partial charge is 0.0503 e. The van der Waals surface area contributed by atoms with Crippen LogP contribution < -0.4 is 0 Å². The zero-order valence-electron chi connectivity index (χ0n) is 8.88. The molecule has 0 saturated carbocycles. The highest BCUT2D eigenvalue weighted by Crippen LogP contribution is 2.30. The first kappa shape index (κ1) is 11.1. The summed E-state index contributed by atoms with van der Waals surface area (Å²) < 4.78 is 4.99.